The Morgan fingerprint density at radius 3 is 2.78 bits per heavy atom. The van der Waals surface area contributed by atoms with Crippen LogP contribution in [-0.2, 0) is 0 Å². The van der Waals surface area contributed by atoms with Gasteiger partial charge in [0, 0.05) is 6.20 Å². The van der Waals surface area contributed by atoms with Crippen molar-refractivity contribution in [3.63, 3.8) is 0 Å². The molecule has 0 saturated heterocycles. The fourth-order valence-corrected chi connectivity index (χ4v) is 1.53. The first-order valence-electron chi connectivity index (χ1n) is 5.60. The van der Waals surface area contributed by atoms with Crippen molar-refractivity contribution < 1.29 is 9.90 Å². The fourth-order valence-electron chi connectivity index (χ4n) is 1.53. The smallest absolute Gasteiger partial charge is 0.251 e. The number of aliphatic hydroxyl groups excluding tert-OH is 1. The largest absolute Gasteiger partial charge is 0.387 e. The summed E-state index contributed by atoms with van der Waals surface area (Å²) in [6, 6.07) is 3.51. The molecule has 0 spiro atoms. The highest BCUT2D eigenvalue weighted by Crippen LogP contribution is 2.15. The van der Waals surface area contributed by atoms with Crippen LogP contribution in [0, 0.1) is 0 Å². The average molecular weight is 246 g/mol. The van der Waals surface area contributed by atoms with Crippen LogP contribution < -0.4 is 5.73 Å². The number of rotatable bonds is 4. The summed E-state index contributed by atoms with van der Waals surface area (Å²) >= 11 is 0. The predicted molar refractivity (Wildman–Crippen MR) is 65.1 cm³/mol. The van der Waals surface area contributed by atoms with E-state index in [0.717, 1.165) is 0 Å². The Kier molecular flexibility index (Phi) is 3.38. The lowest BCUT2D eigenvalue weighted by molar-refractivity contribution is 0.100. The summed E-state index contributed by atoms with van der Waals surface area (Å²) in [7, 11) is 0. The molecule has 0 radical (unpaired) electrons. The number of nitrogens with two attached hydrogens (primary N) is 1. The summed E-state index contributed by atoms with van der Waals surface area (Å²) in [6.07, 6.45) is 4.58. The zero-order chi connectivity index (χ0) is 13.1. The molecular formula is C12H14N4O2. The number of carbonyl (C=O) groups excluding carboxylic acids is 1. The molecule has 2 aromatic heterocycles. The van der Waals surface area contributed by atoms with Crippen molar-refractivity contribution in [3.05, 3.63) is 42.0 Å². The number of aliphatic hydroxyl groups is 1. The first kappa shape index (κ1) is 12.3. The highest BCUT2D eigenvalue weighted by molar-refractivity contribution is 5.92. The third-order valence-electron chi connectivity index (χ3n) is 2.63. The van der Waals surface area contributed by atoms with Crippen molar-refractivity contribution in [1.82, 2.24) is 14.8 Å². The summed E-state index contributed by atoms with van der Waals surface area (Å²) in [5.74, 6) is -0.521. The molecular weight excluding hydrogens is 232 g/mol. The van der Waals surface area contributed by atoms with Gasteiger partial charge in [-0.05, 0) is 18.6 Å². The summed E-state index contributed by atoms with van der Waals surface area (Å²) in [6.45, 7) is 1.88. The van der Waals surface area contributed by atoms with Gasteiger partial charge in [-0.25, -0.2) is 4.68 Å². The van der Waals surface area contributed by atoms with E-state index in [1.165, 1.54) is 17.1 Å². The van der Waals surface area contributed by atoms with Gasteiger partial charge in [-0.3, -0.25) is 9.78 Å². The SMILES string of the molecule is CC[C@H](O)c1ccc(-n2cc(C(N)=O)cn2)cn1. The molecule has 2 aromatic rings. The van der Waals surface area contributed by atoms with Gasteiger partial charge < -0.3 is 10.8 Å². The second-order valence-electron chi connectivity index (χ2n) is 3.90. The Morgan fingerprint density at radius 1 is 1.50 bits per heavy atom. The number of aromatic nitrogens is 3. The van der Waals surface area contributed by atoms with Gasteiger partial charge in [-0.15, -0.1) is 0 Å². The van der Waals surface area contributed by atoms with E-state index in [4.69, 9.17) is 5.73 Å². The van der Waals surface area contributed by atoms with Crippen molar-refractivity contribution in [2.75, 3.05) is 0 Å². The minimum Gasteiger partial charge on any atom is -0.387 e. The third-order valence-corrected chi connectivity index (χ3v) is 2.63. The van der Waals surface area contributed by atoms with Crippen LogP contribution in [0.1, 0.15) is 35.5 Å². The van der Waals surface area contributed by atoms with E-state index in [1.807, 2.05) is 6.92 Å². The van der Waals surface area contributed by atoms with Gasteiger partial charge in [-0.1, -0.05) is 6.92 Å². The zero-order valence-electron chi connectivity index (χ0n) is 9.95. The number of primary amides is 1. The van der Waals surface area contributed by atoms with Crippen molar-refractivity contribution in [1.29, 1.82) is 0 Å². The topological polar surface area (TPSA) is 94.0 Å². The van der Waals surface area contributed by atoms with E-state index in [0.29, 0.717) is 23.4 Å². The zero-order valence-corrected chi connectivity index (χ0v) is 9.95. The van der Waals surface area contributed by atoms with E-state index >= 15 is 0 Å². The molecule has 2 rings (SSSR count). The Balaban J connectivity index is 2.25. The van der Waals surface area contributed by atoms with E-state index in [1.54, 1.807) is 18.3 Å². The molecule has 0 saturated carbocycles. The molecule has 2 heterocycles. The lowest BCUT2D eigenvalue weighted by Gasteiger charge is -2.07. The standard InChI is InChI=1S/C12H14N4O2/c1-2-11(17)10-4-3-9(6-14-10)16-7-8(5-15-16)12(13)18/h3-7,11,17H,2H2,1H3,(H2,13,18)/t11-/m0/s1. The third kappa shape index (κ3) is 2.38. The number of carbonyl (C=O) groups is 1. The summed E-state index contributed by atoms with van der Waals surface area (Å²) in [5.41, 5.74) is 6.80. The molecule has 6 nitrogen and oxygen atoms in total. The van der Waals surface area contributed by atoms with Crippen LogP contribution >= 0.6 is 0 Å². The van der Waals surface area contributed by atoms with Crippen LogP contribution in [0.25, 0.3) is 5.69 Å². The average Bonchev–Trinajstić information content (AvgIpc) is 2.88. The quantitative estimate of drug-likeness (QED) is 0.834. The molecule has 0 fully saturated rings. The van der Waals surface area contributed by atoms with Crippen molar-refractivity contribution >= 4 is 5.91 Å². The van der Waals surface area contributed by atoms with Gasteiger partial charge in [0.15, 0.2) is 0 Å². The second kappa shape index (κ2) is 4.97. The minimum atomic E-state index is -0.558. The van der Waals surface area contributed by atoms with Crippen molar-refractivity contribution in [3.8, 4) is 5.69 Å². The van der Waals surface area contributed by atoms with Crippen LogP contribution in [0.15, 0.2) is 30.7 Å². The van der Waals surface area contributed by atoms with E-state index in [-0.39, 0.29) is 0 Å². The lowest BCUT2D eigenvalue weighted by Crippen LogP contribution is -2.09. The maximum atomic E-state index is 10.9. The monoisotopic (exact) mass is 246 g/mol. The van der Waals surface area contributed by atoms with Gasteiger partial charge in [-0.2, -0.15) is 5.10 Å². The van der Waals surface area contributed by atoms with Gasteiger partial charge in [0.05, 0.1) is 35.4 Å². The molecule has 1 atom stereocenters. The van der Waals surface area contributed by atoms with Gasteiger partial charge in [0.1, 0.15) is 0 Å². The molecule has 0 bridgehead atoms. The second-order valence-corrected chi connectivity index (χ2v) is 3.90. The predicted octanol–water partition coefficient (Wildman–Crippen LogP) is 0.810. The Hall–Kier alpha value is -2.21. The maximum absolute atomic E-state index is 10.9. The first-order valence-corrected chi connectivity index (χ1v) is 5.60. The Labute approximate surface area is 104 Å². The van der Waals surface area contributed by atoms with Crippen LogP contribution in [0.4, 0.5) is 0 Å². The summed E-state index contributed by atoms with van der Waals surface area (Å²) in [4.78, 5) is 15.1. The van der Waals surface area contributed by atoms with Gasteiger partial charge in [0.25, 0.3) is 5.91 Å². The highest BCUT2D eigenvalue weighted by atomic mass is 16.3. The number of pyridine rings is 1. The Bertz CT molecular complexity index is 547. The number of hydrogen-bond acceptors (Lipinski definition) is 4. The molecule has 0 unspecified atom stereocenters. The van der Waals surface area contributed by atoms with Crippen molar-refractivity contribution in [2.24, 2.45) is 5.73 Å². The van der Waals surface area contributed by atoms with E-state index in [2.05, 4.69) is 10.1 Å². The molecule has 0 aromatic carbocycles. The highest BCUT2D eigenvalue weighted by Gasteiger charge is 2.08. The molecule has 1 amide bonds. The fraction of sp³-hybridized carbons (Fsp3) is 0.250. The normalized spacial score (nSPS) is 12.3. The first-order chi connectivity index (χ1) is 8.61. The van der Waals surface area contributed by atoms with E-state index in [9.17, 15) is 9.90 Å². The van der Waals surface area contributed by atoms with Crippen LogP contribution in [0.3, 0.4) is 0 Å². The number of hydrogen-bond donors (Lipinski definition) is 2. The van der Waals surface area contributed by atoms with Crippen LogP contribution in [0.2, 0.25) is 0 Å². The summed E-state index contributed by atoms with van der Waals surface area (Å²) in [5, 5.41) is 13.6. The molecule has 0 aliphatic carbocycles. The molecule has 3 N–H and O–H groups in total. The number of amides is 1. The van der Waals surface area contributed by atoms with Gasteiger partial charge in [0.2, 0.25) is 0 Å². The maximum Gasteiger partial charge on any atom is 0.251 e. The molecule has 6 heteroatoms. The lowest BCUT2D eigenvalue weighted by atomic mass is 10.2. The summed E-state index contributed by atoms with van der Waals surface area (Å²) < 4.78 is 1.51. The van der Waals surface area contributed by atoms with Crippen molar-refractivity contribution in [2.45, 2.75) is 19.4 Å². The molecule has 94 valence electrons. The van der Waals surface area contributed by atoms with Crippen LogP contribution in [-0.4, -0.2) is 25.8 Å². The Morgan fingerprint density at radius 2 is 2.28 bits per heavy atom. The number of nitrogens with zero attached hydrogens (tertiary/aromatic N) is 3. The minimum absolute atomic E-state index is 0.340. The van der Waals surface area contributed by atoms with Crippen LogP contribution in [0.5, 0.6) is 0 Å². The van der Waals surface area contributed by atoms with Gasteiger partial charge >= 0.3 is 0 Å². The molecule has 0 aliphatic rings. The van der Waals surface area contributed by atoms with E-state index < -0.39 is 12.0 Å². The molecule has 18 heavy (non-hydrogen) atoms. The molecule has 0 aliphatic heterocycles.